The van der Waals surface area contributed by atoms with E-state index in [1.165, 1.54) is 11.0 Å². The third kappa shape index (κ3) is 5.71. The van der Waals surface area contributed by atoms with Crippen molar-refractivity contribution >= 4 is 39.8 Å². The van der Waals surface area contributed by atoms with Gasteiger partial charge in [-0.1, -0.05) is 36.4 Å². The highest BCUT2D eigenvalue weighted by atomic mass is 35.5. The first-order valence-electron chi connectivity index (χ1n) is 16.4. The Morgan fingerprint density at radius 1 is 1.19 bits per heavy atom. The van der Waals surface area contributed by atoms with Gasteiger partial charge in [0.25, 0.3) is 5.91 Å². The fourth-order valence-corrected chi connectivity index (χ4v) is 8.44. The fourth-order valence-electron chi connectivity index (χ4n) is 8.17. The van der Waals surface area contributed by atoms with Crippen molar-refractivity contribution in [2.45, 2.75) is 69.4 Å². The summed E-state index contributed by atoms with van der Waals surface area (Å²) in [5.41, 5.74) is 1.99. The van der Waals surface area contributed by atoms with E-state index in [0.717, 1.165) is 35.2 Å². The number of hydrogen-bond donors (Lipinski definition) is 0. The summed E-state index contributed by atoms with van der Waals surface area (Å²) in [5.74, 6) is -1.74. The Kier molecular flexibility index (Phi) is 8.62. The van der Waals surface area contributed by atoms with Crippen LogP contribution in [-0.2, 0) is 17.8 Å². The molecule has 1 amide bonds. The van der Waals surface area contributed by atoms with Gasteiger partial charge in [-0.25, -0.2) is 13.2 Å². The van der Waals surface area contributed by atoms with Crippen LogP contribution in [-0.4, -0.2) is 88.8 Å². The van der Waals surface area contributed by atoms with E-state index in [4.69, 9.17) is 26.3 Å². The summed E-state index contributed by atoms with van der Waals surface area (Å²) >= 11 is 6.50. The van der Waals surface area contributed by atoms with Gasteiger partial charge >= 0.3 is 6.01 Å². The number of hydrogen-bond acceptors (Lipinski definition) is 8. The summed E-state index contributed by atoms with van der Waals surface area (Å²) in [6.45, 7) is 7.66. The minimum absolute atomic E-state index is 0.0132. The molecule has 0 saturated carbocycles. The van der Waals surface area contributed by atoms with Crippen LogP contribution in [0.2, 0.25) is 5.02 Å². The first-order chi connectivity index (χ1) is 23.1. The Balaban J connectivity index is 1.24. The average Bonchev–Trinajstić information content (AvgIpc) is 3.57. The van der Waals surface area contributed by atoms with E-state index in [-0.39, 0.29) is 43.2 Å². The Hall–Kier alpha value is -4.08. The number of fused-ring (bicyclic) bond motifs is 3. The van der Waals surface area contributed by atoms with E-state index in [2.05, 4.69) is 29.4 Å². The minimum Gasteiger partial charge on any atom is -0.461 e. The van der Waals surface area contributed by atoms with E-state index in [0.29, 0.717) is 50.2 Å². The average molecular weight is 680 g/mol. The number of nitrogens with zero attached hydrogens (tertiary/aromatic N) is 7. The molecule has 7 rings (SSSR count). The van der Waals surface area contributed by atoms with Gasteiger partial charge in [0.05, 0.1) is 41.3 Å². The molecule has 3 aromatic rings. The van der Waals surface area contributed by atoms with Crippen molar-refractivity contribution in [1.82, 2.24) is 19.8 Å². The maximum atomic E-state index is 14.7. The van der Waals surface area contributed by atoms with Crippen LogP contribution in [0.4, 0.5) is 24.7 Å². The van der Waals surface area contributed by atoms with Crippen LogP contribution in [0, 0.1) is 17.1 Å². The first kappa shape index (κ1) is 32.5. The molecule has 4 atom stereocenters. The van der Waals surface area contributed by atoms with Crippen molar-refractivity contribution in [1.29, 1.82) is 5.26 Å². The highest BCUT2D eigenvalue weighted by Gasteiger charge is 2.52. The summed E-state index contributed by atoms with van der Waals surface area (Å²) in [6.07, 6.45) is 1.83. The lowest BCUT2D eigenvalue weighted by Gasteiger charge is -2.42. The van der Waals surface area contributed by atoms with Crippen molar-refractivity contribution in [2.24, 2.45) is 0 Å². The van der Waals surface area contributed by atoms with Crippen LogP contribution in [0.5, 0.6) is 6.01 Å². The monoisotopic (exact) mass is 679 g/mol. The lowest BCUT2D eigenvalue weighted by molar-refractivity contribution is -0.131. The van der Waals surface area contributed by atoms with Gasteiger partial charge in [0.15, 0.2) is 5.83 Å². The zero-order chi connectivity index (χ0) is 33.7. The third-order valence-electron chi connectivity index (χ3n) is 10.5. The van der Waals surface area contributed by atoms with Crippen LogP contribution in [0.15, 0.2) is 42.7 Å². The summed E-state index contributed by atoms with van der Waals surface area (Å²) in [7, 11) is 0. The molecule has 48 heavy (non-hydrogen) atoms. The van der Waals surface area contributed by atoms with Crippen molar-refractivity contribution in [3.05, 3.63) is 64.8 Å². The van der Waals surface area contributed by atoms with Gasteiger partial charge in [-0.15, -0.1) is 0 Å². The van der Waals surface area contributed by atoms with Gasteiger partial charge < -0.3 is 19.4 Å². The van der Waals surface area contributed by atoms with E-state index in [1.807, 2.05) is 23.1 Å². The van der Waals surface area contributed by atoms with Crippen LogP contribution in [0.3, 0.4) is 0 Å². The summed E-state index contributed by atoms with van der Waals surface area (Å²) in [4.78, 5) is 30.1. The SMILES string of the molecule is C=C(F)C(=O)N1CCN(c2nc(OCC34CCC(C)N3CC(F)C4)nc3c2CCN(c2cccc4ccc(F)c(Cl)c24)C3)C[C@@H]1CC#N. The quantitative estimate of drug-likeness (QED) is 0.292. The Morgan fingerprint density at radius 3 is 2.81 bits per heavy atom. The number of amides is 1. The molecule has 4 aliphatic heterocycles. The lowest BCUT2D eigenvalue weighted by atomic mass is 9.95. The molecule has 0 radical (unpaired) electrons. The smallest absolute Gasteiger partial charge is 0.318 e. The summed E-state index contributed by atoms with van der Waals surface area (Å²) in [5, 5.41) is 11.1. The van der Waals surface area contributed by atoms with Crippen LogP contribution >= 0.6 is 11.6 Å². The van der Waals surface area contributed by atoms with Crippen molar-refractivity contribution in [3.63, 3.8) is 0 Å². The molecule has 9 nitrogen and oxygen atoms in total. The topological polar surface area (TPSA) is 88.8 Å². The van der Waals surface area contributed by atoms with Crippen molar-refractivity contribution < 1.29 is 22.7 Å². The molecule has 13 heteroatoms. The van der Waals surface area contributed by atoms with Crippen LogP contribution < -0.4 is 14.5 Å². The molecule has 0 bridgehead atoms. The van der Waals surface area contributed by atoms with Crippen LogP contribution in [0.1, 0.15) is 43.9 Å². The molecule has 0 spiro atoms. The van der Waals surface area contributed by atoms with E-state index in [9.17, 15) is 23.2 Å². The molecule has 2 aromatic carbocycles. The van der Waals surface area contributed by atoms with Gasteiger partial charge in [-0.2, -0.15) is 15.2 Å². The Labute approximate surface area is 282 Å². The number of carbonyl (C=O) groups is 1. The molecule has 5 heterocycles. The maximum absolute atomic E-state index is 14.7. The zero-order valence-corrected chi connectivity index (χ0v) is 27.5. The highest BCUT2D eigenvalue weighted by molar-refractivity contribution is 6.36. The molecule has 3 saturated heterocycles. The number of carbonyl (C=O) groups excluding carboxylic acids is 1. The lowest BCUT2D eigenvalue weighted by Crippen LogP contribution is -2.55. The Morgan fingerprint density at radius 2 is 2.02 bits per heavy atom. The van der Waals surface area contributed by atoms with E-state index >= 15 is 0 Å². The largest absolute Gasteiger partial charge is 0.461 e. The van der Waals surface area contributed by atoms with Gasteiger partial charge in [0, 0.05) is 61.8 Å². The third-order valence-corrected chi connectivity index (χ3v) is 10.9. The second-order valence-corrected chi connectivity index (χ2v) is 13.8. The summed E-state index contributed by atoms with van der Waals surface area (Å²) < 4.78 is 49.6. The molecule has 252 valence electrons. The number of benzene rings is 2. The van der Waals surface area contributed by atoms with Crippen LogP contribution in [0.25, 0.3) is 10.8 Å². The molecule has 1 aromatic heterocycles. The first-order valence-corrected chi connectivity index (χ1v) is 16.8. The number of nitriles is 1. The number of halogens is 4. The normalized spacial score (nSPS) is 25.6. The number of rotatable bonds is 7. The molecule has 3 fully saturated rings. The zero-order valence-electron chi connectivity index (χ0n) is 26.8. The summed E-state index contributed by atoms with van der Waals surface area (Å²) in [6, 6.07) is 10.8. The molecule has 3 unspecified atom stereocenters. The molecule has 4 aliphatic rings. The van der Waals surface area contributed by atoms with Gasteiger partial charge in [0.2, 0.25) is 0 Å². The molecular formula is C35H37ClF3N7O2. The second-order valence-electron chi connectivity index (χ2n) is 13.4. The number of aromatic nitrogens is 2. The standard InChI is InChI=1S/C35H37ClF3N7O2/c1-21-8-11-35(16-24(38)17-46(21)35)20-48-34-41-28-19-43(29-5-3-4-23-6-7-27(39)31(36)30(23)29)13-10-26(28)32(42-34)44-14-15-45(33(47)22(2)37)25(18-44)9-12-40/h3-7,21,24-25H,2,8-11,13-20H2,1H3/t21?,24?,25-,35?/m0/s1. The van der Waals surface area contributed by atoms with E-state index < -0.39 is 35.3 Å². The van der Waals surface area contributed by atoms with Gasteiger partial charge in [-0.3, -0.25) is 9.69 Å². The molecule has 0 N–H and O–H groups in total. The minimum atomic E-state index is -1.06. The number of piperazine rings is 1. The predicted octanol–water partition coefficient (Wildman–Crippen LogP) is 5.74. The van der Waals surface area contributed by atoms with Crippen molar-refractivity contribution in [3.8, 4) is 12.1 Å². The molecule has 0 aliphatic carbocycles. The predicted molar refractivity (Wildman–Crippen MR) is 177 cm³/mol. The molecular weight excluding hydrogens is 643 g/mol. The van der Waals surface area contributed by atoms with Gasteiger partial charge in [0.1, 0.15) is 24.4 Å². The fraction of sp³-hybridized carbons (Fsp3) is 0.486. The van der Waals surface area contributed by atoms with Gasteiger partial charge in [-0.05, 0) is 43.7 Å². The van der Waals surface area contributed by atoms with E-state index in [1.54, 1.807) is 6.07 Å². The number of ether oxygens (including phenoxy) is 1. The Bertz CT molecular complexity index is 1820. The van der Waals surface area contributed by atoms with Crippen molar-refractivity contribution in [2.75, 3.05) is 49.1 Å². The second kappa shape index (κ2) is 12.7. The highest BCUT2D eigenvalue weighted by Crippen LogP contribution is 2.44. The number of alkyl halides is 1. The number of anilines is 2. The maximum Gasteiger partial charge on any atom is 0.318 e.